The molecule has 0 spiro atoms. The highest BCUT2D eigenvalue weighted by atomic mass is 19.4. The third-order valence-corrected chi connectivity index (χ3v) is 2.36. The molecule has 1 rings (SSSR count). The van der Waals surface area contributed by atoms with Gasteiger partial charge in [-0.15, -0.1) is 0 Å². The number of hydrogen-bond donors (Lipinski definition) is 1. The Labute approximate surface area is 98.2 Å². The van der Waals surface area contributed by atoms with Crippen molar-refractivity contribution in [2.45, 2.75) is 45.5 Å². The standard InChI is InChI=1S/C10H17F3N4/c1-3-5-17-9(15-7-16-17)6-8(14-4-2)10(11,12)13/h7-8,14H,3-6H2,1-2H3. The minimum atomic E-state index is -4.26. The van der Waals surface area contributed by atoms with E-state index >= 15 is 0 Å². The summed E-state index contributed by atoms with van der Waals surface area (Å²) in [5, 5.41) is 6.34. The summed E-state index contributed by atoms with van der Waals surface area (Å²) < 4.78 is 39.6. The second-order valence-corrected chi connectivity index (χ2v) is 3.76. The van der Waals surface area contributed by atoms with E-state index in [0.717, 1.165) is 6.42 Å². The van der Waals surface area contributed by atoms with E-state index in [9.17, 15) is 13.2 Å². The first kappa shape index (κ1) is 14.0. The molecule has 0 bridgehead atoms. The van der Waals surface area contributed by atoms with Crippen LogP contribution in [0.1, 0.15) is 26.1 Å². The average Bonchev–Trinajstić information content (AvgIpc) is 2.64. The van der Waals surface area contributed by atoms with Gasteiger partial charge in [-0.05, 0) is 13.0 Å². The zero-order valence-corrected chi connectivity index (χ0v) is 9.96. The van der Waals surface area contributed by atoms with Crippen molar-refractivity contribution in [2.75, 3.05) is 6.54 Å². The van der Waals surface area contributed by atoms with Gasteiger partial charge in [-0.25, -0.2) is 4.98 Å². The second-order valence-electron chi connectivity index (χ2n) is 3.76. The van der Waals surface area contributed by atoms with E-state index in [1.54, 1.807) is 6.92 Å². The summed E-state index contributed by atoms with van der Waals surface area (Å²) >= 11 is 0. The average molecular weight is 250 g/mol. The van der Waals surface area contributed by atoms with E-state index in [0.29, 0.717) is 12.4 Å². The molecule has 7 heteroatoms. The summed E-state index contributed by atoms with van der Waals surface area (Å²) in [5.41, 5.74) is 0. The molecule has 0 radical (unpaired) electrons. The molecular weight excluding hydrogens is 233 g/mol. The van der Waals surface area contributed by atoms with Crippen molar-refractivity contribution in [3.8, 4) is 0 Å². The summed E-state index contributed by atoms with van der Waals surface area (Å²) in [6.45, 7) is 4.45. The van der Waals surface area contributed by atoms with Crippen LogP contribution < -0.4 is 5.32 Å². The predicted octanol–water partition coefficient (Wildman–Crippen LogP) is 1.77. The highest BCUT2D eigenvalue weighted by Crippen LogP contribution is 2.22. The number of halogens is 3. The van der Waals surface area contributed by atoms with Gasteiger partial charge in [0.15, 0.2) is 0 Å². The summed E-state index contributed by atoms with van der Waals surface area (Å²) in [4.78, 5) is 3.88. The SMILES string of the molecule is CCCn1ncnc1CC(NCC)C(F)(F)F. The number of alkyl halides is 3. The normalized spacial score (nSPS) is 13.9. The molecule has 0 aliphatic heterocycles. The van der Waals surface area contributed by atoms with Crippen LogP contribution in [0.15, 0.2) is 6.33 Å². The van der Waals surface area contributed by atoms with E-state index < -0.39 is 12.2 Å². The van der Waals surface area contributed by atoms with Crippen LogP contribution in [0.4, 0.5) is 13.2 Å². The van der Waals surface area contributed by atoms with E-state index in [-0.39, 0.29) is 13.0 Å². The molecular formula is C10H17F3N4. The first-order chi connectivity index (χ1) is 7.99. The molecule has 0 saturated carbocycles. The first-order valence-corrected chi connectivity index (χ1v) is 5.65. The zero-order chi connectivity index (χ0) is 12.9. The first-order valence-electron chi connectivity index (χ1n) is 5.65. The summed E-state index contributed by atoms with van der Waals surface area (Å²) in [6, 6.07) is -1.56. The number of rotatable bonds is 6. The third-order valence-electron chi connectivity index (χ3n) is 2.36. The number of hydrogen-bond acceptors (Lipinski definition) is 3. The fourth-order valence-corrected chi connectivity index (χ4v) is 1.58. The van der Waals surface area contributed by atoms with Crippen LogP contribution in [0.5, 0.6) is 0 Å². The lowest BCUT2D eigenvalue weighted by molar-refractivity contribution is -0.155. The molecule has 0 aliphatic rings. The van der Waals surface area contributed by atoms with Gasteiger partial charge in [-0.3, -0.25) is 4.68 Å². The lowest BCUT2D eigenvalue weighted by atomic mass is 10.2. The summed E-state index contributed by atoms with van der Waals surface area (Å²) in [5.74, 6) is 0.370. The van der Waals surface area contributed by atoms with E-state index in [1.807, 2.05) is 6.92 Å². The van der Waals surface area contributed by atoms with E-state index in [4.69, 9.17) is 0 Å². The van der Waals surface area contributed by atoms with Crippen LogP contribution >= 0.6 is 0 Å². The van der Waals surface area contributed by atoms with Crippen molar-refractivity contribution < 1.29 is 13.2 Å². The second kappa shape index (κ2) is 6.00. The molecule has 1 heterocycles. The predicted molar refractivity (Wildman–Crippen MR) is 57.5 cm³/mol. The quantitative estimate of drug-likeness (QED) is 0.836. The smallest absolute Gasteiger partial charge is 0.306 e. The Morgan fingerprint density at radius 1 is 1.41 bits per heavy atom. The molecule has 0 aliphatic carbocycles. The Balaban J connectivity index is 2.75. The number of nitrogens with zero attached hydrogens (tertiary/aromatic N) is 3. The van der Waals surface area contributed by atoms with Crippen LogP contribution in [-0.2, 0) is 13.0 Å². The molecule has 1 atom stereocenters. The third kappa shape index (κ3) is 3.99. The molecule has 0 amide bonds. The van der Waals surface area contributed by atoms with E-state index in [1.165, 1.54) is 11.0 Å². The van der Waals surface area contributed by atoms with E-state index in [2.05, 4.69) is 15.4 Å². The lowest BCUT2D eigenvalue weighted by Gasteiger charge is -2.20. The topological polar surface area (TPSA) is 42.7 Å². The van der Waals surface area contributed by atoms with Crippen LogP contribution in [0.25, 0.3) is 0 Å². The Morgan fingerprint density at radius 3 is 2.65 bits per heavy atom. The maximum absolute atomic E-state index is 12.7. The highest BCUT2D eigenvalue weighted by Gasteiger charge is 2.39. The van der Waals surface area contributed by atoms with Gasteiger partial charge in [-0.1, -0.05) is 13.8 Å². The highest BCUT2D eigenvalue weighted by molar-refractivity contribution is 4.92. The summed E-state index contributed by atoms with van der Waals surface area (Å²) in [7, 11) is 0. The van der Waals surface area contributed by atoms with Crippen molar-refractivity contribution in [3.63, 3.8) is 0 Å². The van der Waals surface area contributed by atoms with Gasteiger partial charge in [0.1, 0.15) is 18.2 Å². The zero-order valence-electron chi connectivity index (χ0n) is 9.96. The molecule has 0 saturated heterocycles. The monoisotopic (exact) mass is 250 g/mol. The Kier molecular flexibility index (Phi) is 4.92. The molecule has 98 valence electrons. The minimum absolute atomic E-state index is 0.183. The molecule has 17 heavy (non-hydrogen) atoms. The largest absolute Gasteiger partial charge is 0.404 e. The fourth-order valence-electron chi connectivity index (χ4n) is 1.58. The van der Waals surface area contributed by atoms with Gasteiger partial charge in [0, 0.05) is 13.0 Å². The number of aromatic nitrogens is 3. The van der Waals surface area contributed by atoms with Crippen molar-refractivity contribution in [1.82, 2.24) is 20.1 Å². The van der Waals surface area contributed by atoms with Crippen molar-refractivity contribution in [2.24, 2.45) is 0 Å². The number of nitrogens with one attached hydrogen (secondary N) is 1. The number of likely N-dealkylation sites (N-methyl/N-ethyl adjacent to an activating group) is 1. The summed E-state index contributed by atoms with van der Waals surface area (Å²) in [6.07, 6.45) is -2.34. The molecule has 0 aromatic carbocycles. The molecule has 1 unspecified atom stereocenters. The molecule has 4 nitrogen and oxygen atoms in total. The maximum atomic E-state index is 12.7. The molecule has 1 N–H and O–H groups in total. The van der Waals surface area contributed by atoms with Gasteiger partial charge in [0.2, 0.25) is 0 Å². The van der Waals surface area contributed by atoms with Crippen LogP contribution in [0.3, 0.4) is 0 Å². The maximum Gasteiger partial charge on any atom is 0.404 e. The fraction of sp³-hybridized carbons (Fsp3) is 0.800. The number of aryl methyl sites for hydroxylation is 1. The van der Waals surface area contributed by atoms with Crippen LogP contribution in [-0.4, -0.2) is 33.5 Å². The van der Waals surface area contributed by atoms with Crippen molar-refractivity contribution >= 4 is 0 Å². The Bertz CT molecular complexity index is 335. The van der Waals surface area contributed by atoms with Crippen molar-refractivity contribution in [3.05, 3.63) is 12.2 Å². The molecule has 0 fully saturated rings. The Hall–Kier alpha value is -1.11. The van der Waals surface area contributed by atoms with Crippen molar-refractivity contribution in [1.29, 1.82) is 0 Å². The van der Waals surface area contributed by atoms with Gasteiger partial charge >= 0.3 is 6.18 Å². The van der Waals surface area contributed by atoms with Gasteiger partial charge in [0.25, 0.3) is 0 Å². The Morgan fingerprint density at radius 2 is 2.12 bits per heavy atom. The van der Waals surface area contributed by atoms with Gasteiger partial charge < -0.3 is 5.32 Å². The van der Waals surface area contributed by atoms with Crippen LogP contribution in [0, 0.1) is 0 Å². The lowest BCUT2D eigenvalue weighted by Crippen LogP contribution is -2.44. The minimum Gasteiger partial charge on any atom is -0.306 e. The molecule has 1 aromatic heterocycles. The van der Waals surface area contributed by atoms with Crippen LogP contribution in [0.2, 0.25) is 0 Å². The molecule has 1 aromatic rings. The van der Waals surface area contributed by atoms with Gasteiger partial charge in [0.05, 0.1) is 0 Å². The van der Waals surface area contributed by atoms with Gasteiger partial charge in [-0.2, -0.15) is 18.3 Å².